The number of hydrogen-bond acceptors (Lipinski definition) is 3. The standard InChI is InChI=1S/C21H32FN3O/c1-23-11-2-4-18(16-23)7-10-21(26)25-13-3-12-24(14-15-25)17-19-5-8-20(22)9-6-19/h5-6,8-9,18H,2-4,7,10-17H2,1H3. The summed E-state index contributed by atoms with van der Waals surface area (Å²) in [5.74, 6) is 0.812. The van der Waals surface area contributed by atoms with Gasteiger partial charge in [-0.3, -0.25) is 9.69 Å². The second kappa shape index (κ2) is 9.47. The zero-order valence-corrected chi connectivity index (χ0v) is 16.0. The van der Waals surface area contributed by atoms with E-state index in [9.17, 15) is 9.18 Å². The van der Waals surface area contributed by atoms with Crippen molar-refractivity contribution in [3.05, 3.63) is 35.6 Å². The predicted octanol–water partition coefficient (Wildman–Crippen LogP) is 2.98. The number of carbonyl (C=O) groups is 1. The summed E-state index contributed by atoms with van der Waals surface area (Å²) in [4.78, 5) is 19.4. The van der Waals surface area contributed by atoms with Gasteiger partial charge in [-0.25, -0.2) is 4.39 Å². The summed E-state index contributed by atoms with van der Waals surface area (Å²) in [6.45, 7) is 6.73. The molecule has 2 heterocycles. The lowest BCUT2D eigenvalue weighted by Crippen LogP contribution is -2.36. The molecule has 0 spiro atoms. The number of nitrogens with zero attached hydrogens (tertiary/aromatic N) is 3. The van der Waals surface area contributed by atoms with Gasteiger partial charge in [0, 0.05) is 45.7 Å². The van der Waals surface area contributed by atoms with Gasteiger partial charge < -0.3 is 9.80 Å². The molecule has 0 bridgehead atoms. The van der Waals surface area contributed by atoms with E-state index in [-0.39, 0.29) is 5.82 Å². The molecule has 0 N–H and O–H groups in total. The van der Waals surface area contributed by atoms with Crippen LogP contribution in [0.5, 0.6) is 0 Å². The van der Waals surface area contributed by atoms with Gasteiger partial charge >= 0.3 is 0 Å². The van der Waals surface area contributed by atoms with Crippen molar-refractivity contribution in [2.24, 2.45) is 5.92 Å². The van der Waals surface area contributed by atoms with Gasteiger partial charge in [0.2, 0.25) is 5.91 Å². The molecule has 2 saturated heterocycles. The molecule has 2 aliphatic heterocycles. The summed E-state index contributed by atoms with van der Waals surface area (Å²) in [7, 11) is 2.18. The SMILES string of the molecule is CN1CCCC(CCC(=O)N2CCCN(Cc3ccc(F)cc3)CC2)C1. The van der Waals surface area contributed by atoms with Gasteiger partial charge in [-0.1, -0.05) is 12.1 Å². The first-order chi connectivity index (χ1) is 12.6. The van der Waals surface area contributed by atoms with E-state index in [0.717, 1.165) is 57.7 Å². The number of likely N-dealkylation sites (tertiary alicyclic amines) is 1. The third-order valence-corrected chi connectivity index (χ3v) is 5.75. The summed E-state index contributed by atoms with van der Waals surface area (Å²) < 4.78 is 13.0. The molecule has 2 aliphatic rings. The summed E-state index contributed by atoms with van der Waals surface area (Å²) in [5, 5.41) is 0. The van der Waals surface area contributed by atoms with Gasteiger partial charge in [-0.2, -0.15) is 0 Å². The molecule has 0 saturated carbocycles. The van der Waals surface area contributed by atoms with Crippen LogP contribution in [-0.4, -0.2) is 66.9 Å². The maximum Gasteiger partial charge on any atom is 0.222 e. The second-order valence-electron chi connectivity index (χ2n) is 7.95. The summed E-state index contributed by atoms with van der Waals surface area (Å²) in [5.41, 5.74) is 1.13. The number of carbonyl (C=O) groups excluding carboxylic acids is 1. The molecular weight excluding hydrogens is 329 g/mol. The number of rotatable bonds is 5. The first-order valence-electron chi connectivity index (χ1n) is 10.0. The van der Waals surface area contributed by atoms with Crippen LogP contribution in [0.1, 0.15) is 37.7 Å². The summed E-state index contributed by atoms with van der Waals surface area (Å²) in [6.07, 6.45) is 5.26. The molecule has 1 aromatic carbocycles. The Kier molecular flexibility index (Phi) is 7.03. The van der Waals surface area contributed by atoms with E-state index in [1.54, 1.807) is 0 Å². The van der Waals surface area contributed by atoms with Crippen molar-refractivity contribution >= 4 is 5.91 Å². The van der Waals surface area contributed by atoms with E-state index in [4.69, 9.17) is 0 Å². The van der Waals surface area contributed by atoms with Crippen molar-refractivity contribution in [1.82, 2.24) is 14.7 Å². The lowest BCUT2D eigenvalue weighted by Gasteiger charge is -2.30. The Balaban J connectivity index is 1.42. The normalized spacial score (nSPS) is 23.0. The smallest absolute Gasteiger partial charge is 0.222 e. The molecule has 1 unspecified atom stereocenters. The molecule has 1 atom stereocenters. The third-order valence-electron chi connectivity index (χ3n) is 5.75. The Morgan fingerprint density at radius 2 is 1.88 bits per heavy atom. The fourth-order valence-corrected chi connectivity index (χ4v) is 4.22. The highest BCUT2D eigenvalue weighted by Crippen LogP contribution is 2.20. The van der Waals surface area contributed by atoms with Crippen LogP contribution in [0.3, 0.4) is 0 Å². The molecule has 1 amide bonds. The van der Waals surface area contributed by atoms with E-state index in [1.807, 2.05) is 12.1 Å². The van der Waals surface area contributed by atoms with Crippen LogP contribution in [-0.2, 0) is 11.3 Å². The quantitative estimate of drug-likeness (QED) is 0.807. The van der Waals surface area contributed by atoms with Crippen LogP contribution in [0.2, 0.25) is 0 Å². The van der Waals surface area contributed by atoms with Crippen molar-refractivity contribution in [1.29, 1.82) is 0 Å². The zero-order valence-electron chi connectivity index (χ0n) is 16.0. The topological polar surface area (TPSA) is 26.8 Å². The first kappa shape index (κ1) is 19.3. The van der Waals surface area contributed by atoms with Crippen molar-refractivity contribution in [2.45, 2.75) is 38.6 Å². The number of halogens is 1. The molecule has 0 radical (unpaired) electrons. The minimum Gasteiger partial charge on any atom is -0.341 e. The first-order valence-corrected chi connectivity index (χ1v) is 10.0. The molecule has 0 aliphatic carbocycles. The van der Waals surface area contributed by atoms with Crippen LogP contribution in [0.4, 0.5) is 4.39 Å². The van der Waals surface area contributed by atoms with Gasteiger partial charge in [-0.15, -0.1) is 0 Å². The Hall–Kier alpha value is -1.46. The van der Waals surface area contributed by atoms with Crippen LogP contribution in [0.15, 0.2) is 24.3 Å². The Morgan fingerprint density at radius 3 is 2.65 bits per heavy atom. The van der Waals surface area contributed by atoms with E-state index in [0.29, 0.717) is 18.2 Å². The van der Waals surface area contributed by atoms with E-state index in [1.165, 1.54) is 31.5 Å². The highest BCUT2D eigenvalue weighted by Gasteiger charge is 2.22. The Bertz CT molecular complexity index is 577. The highest BCUT2D eigenvalue weighted by molar-refractivity contribution is 5.76. The van der Waals surface area contributed by atoms with Crippen LogP contribution in [0, 0.1) is 11.7 Å². The minimum atomic E-state index is -0.189. The molecule has 5 heteroatoms. The van der Waals surface area contributed by atoms with Crippen molar-refractivity contribution < 1.29 is 9.18 Å². The second-order valence-corrected chi connectivity index (χ2v) is 7.95. The lowest BCUT2D eigenvalue weighted by atomic mass is 9.93. The molecule has 0 aromatic heterocycles. The highest BCUT2D eigenvalue weighted by atomic mass is 19.1. The molecule has 3 rings (SSSR count). The van der Waals surface area contributed by atoms with Gasteiger partial charge in [0.25, 0.3) is 0 Å². The molecule has 4 nitrogen and oxygen atoms in total. The zero-order chi connectivity index (χ0) is 18.4. The Labute approximate surface area is 157 Å². The monoisotopic (exact) mass is 361 g/mol. The number of hydrogen-bond donors (Lipinski definition) is 0. The van der Waals surface area contributed by atoms with Gasteiger partial charge in [0.1, 0.15) is 5.82 Å². The summed E-state index contributed by atoms with van der Waals surface area (Å²) in [6, 6.07) is 6.74. The number of benzene rings is 1. The van der Waals surface area contributed by atoms with Gasteiger partial charge in [-0.05, 0) is 62.9 Å². The van der Waals surface area contributed by atoms with E-state index in [2.05, 4.69) is 21.7 Å². The molecule has 144 valence electrons. The largest absolute Gasteiger partial charge is 0.341 e. The maximum atomic E-state index is 13.0. The average molecular weight is 362 g/mol. The van der Waals surface area contributed by atoms with Crippen molar-refractivity contribution in [2.75, 3.05) is 46.3 Å². The predicted molar refractivity (Wildman–Crippen MR) is 102 cm³/mol. The van der Waals surface area contributed by atoms with Crippen LogP contribution < -0.4 is 0 Å². The van der Waals surface area contributed by atoms with Crippen LogP contribution >= 0.6 is 0 Å². The van der Waals surface area contributed by atoms with E-state index < -0.39 is 0 Å². The minimum absolute atomic E-state index is 0.189. The Morgan fingerprint density at radius 1 is 1.08 bits per heavy atom. The van der Waals surface area contributed by atoms with E-state index >= 15 is 0 Å². The average Bonchev–Trinajstić information content (AvgIpc) is 2.87. The number of amides is 1. The molecule has 1 aromatic rings. The van der Waals surface area contributed by atoms with Gasteiger partial charge in [0.05, 0.1) is 0 Å². The molecular formula is C21H32FN3O. The lowest BCUT2D eigenvalue weighted by molar-refractivity contribution is -0.131. The summed E-state index contributed by atoms with van der Waals surface area (Å²) >= 11 is 0. The van der Waals surface area contributed by atoms with Crippen molar-refractivity contribution in [3.63, 3.8) is 0 Å². The van der Waals surface area contributed by atoms with Crippen molar-refractivity contribution in [3.8, 4) is 0 Å². The fourth-order valence-electron chi connectivity index (χ4n) is 4.22. The maximum absolute atomic E-state index is 13.0. The number of piperidine rings is 1. The van der Waals surface area contributed by atoms with Crippen LogP contribution in [0.25, 0.3) is 0 Å². The van der Waals surface area contributed by atoms with Gasteiger partial charge in [0.15, 0.2) is 0 Å². The third kappa shape index (κ3) is 5.78. The molecule has 2 fully saturated rings. The fraction of sp³-hybridized carbons (Fsp3) is 0.667. The molecule has 26 heavy (non-hydrogen) atoms.